The van der Waals surface area contributed by atoms with E-state index >= 15 is 0 Å². The monoisotopic (exact) mass is 200 g/mol. The van der Waals surface area contributed by atoms with Gasteiger partial charge in [0, 0.05) is 20.3 Å². The van der Waals surface area contributed by atoms with Crippen molar-refractivity contribution in [2.24, 2.45) is 11.1 Å². The highest BCUT2D eigenvalue weighted by Gasteiger charge is 2.42. The molecule has 1 saturated carbocycles. The predicted molar refractivity (Wildman–Crippen MR) is 54.8 cm³/mol. The minimum absolute atomic E-state index is 0.0614. The summed E-state index contributed by atoms with van der Waals surface area (Å²) in [6, 6.07) is -0.409. The van der Waals surface area contributed by atoms with Crippen molar-refractivity contribution in [3.8, 4) is 0 Å². The van der Waals surface area contributed by atoms with Gasteiger partial charge in [-0.05, 0) is 31.6 Å². The van der Waals surface area contributed by atoms with E-state index in [1.165, 1.54) is 12.8 Å². The van der Waals surface area contributed by atoms with E-state index in [0.29, 0.717) is 5.41 Å². The first-order valence-electron chi connectivity index (χ1n) is 5.12. The van der Waals surface area contributed by atoms with Gasteiger partial charge in [-0.15, -0.1) is 0 Å². The molecule has 1 fully saturated rings. The molecular weight excluding hydrogens is 180 g/mol. The van der Waals surface area contributed by atoms with Gasteiger partial charge in [0.05, 0.1) is 6.04 Å². The zero-order chi connectivity index (χ0) is 10.6. The van der Waals surface area contributed by atoms with Gasteiger partial charge in [-0.3, -0.25) is 4.79 Å². The summed E-state index contributed by atoms with van der Waals surface area (Å²) in [6.07, 6.45) is 3.41. The van der Waals surface area contributed by atoms with Crippen LogP contribution in [0.25, 0.3) is 0 Å². The van der Waals surface area contributed by atoms with Crippen molar-refractivity contribution >= 4 is 5.91 Å². The Morgan fingerprint density at radius 1 is 1.64 bits per heavy atom. The summed E-state index contributed by atoms with van der Waals surface area (Å²) in [5, 5.41) is 2.87. The van der Waals surface area contributed by atoms with Crippen LogP contribution < -0.4 is 11.1 Å². The molecule has 0 aromatic heterocycles. The van der Waals surface area contributed by atoms with Crippen molar-refractivity contribution in [1.82, 2.24) is 5.32 Å². The zero-order valence-corrected chi connectivity index (χ0v) is 9.01. The van der Waals surface area contributed by atoms with Crippen molar-refractivity contribution in [3.63, 3.8) is 0 Å². The smallest absolute Gasteiger partial charge is 0.236 e. The molecule has 3 N–H and O–H groups in total. The summed E-state index contributed by atoms with van der Waals surface area (Å²) in [4.78, 5) is 11.2. The number of methoxy groups -OCH3 is 1. The lowest BCUT2D eigenvalue weighted by atomic mass is 10.0. The SMILES string of the molecule is COCCC1(CNC(=O)[C@@H](C)N)CC1. The van der Waals surface area contributed by atoms with Crippen LogP contribution in [0.3, 0.4) is 0 Å². The van der Waals surface area contributed by atoms with E-state index in [0.717, 1.165) is 19.6 Å². The Morgan fingerprint density at radius 2 is 2.29 bits per heavy atom. The van der Waals surface area contributed by atoms with Gasteiger partial charge in [-0.2, -0.15) is 0 Å². The fraction of sp³-hybridized carbons (Fsp3) is 0.900. The standard InChI is InChI=1S/C10H20N2O2/c1-8(11)9(13)12-7-10(3-4-10)5-6-14-2/h8H,3-7,11H2,1-2H3,(H,12,13)/t8-/m1/s1. The molecule has 0 aliphatic heterocycles. The Bertz CT molecular complexity index is 200. The molecule has 0 heterocycles. The van der Waals surface area contributed by atoms with E-state index in [4.69, 9.17) is 10.5 Å². The first-order chi connectivity index (χ1) is 6.59. The predicted octanol–water partition coefficient (Wildman–Crippen LogP) is 0.267. The Morgan fingerprint density at radius 3 is 2.71 bits per heavy atom. The molecule has 0 unspecified atom stereocenters. The van der Waals surface area contributed by atoms with E-state index in [1.54, 1.807) is 14.0 Å². The molecule has 82 valence electrons. The topological polar surface area (TPSA) is 64.3 Å². The number of amides is 1. The molecule has 1 aliphatic rings. The second-order valence-electron chi connectivity index (χ2n) is 4.25. The van der Waals surface area contributed by atoms with E-state index in [2.05, 4.69) is 5.32 Å². The highest BCUT2D eigenvalue weighted by Crippen LogP contribution is 2.48. The molecule has 4 nitrogen and oxygen atoms in total. The molecule has 0 aromatic rings. The number of rotatable bonds is 6. The summed E-state index contributed by atoms with van der Waals surface area (Å²) in [5.74, 6) is -0.0614. The van der Waals surface area contributed by atoms with E-state index < -0.39 is 6.04 Å². The van der Waals surface area contributed by atoms with Crippen LogP contribution in [0.4, 0.5) is 0 Å². The lowest BCUT2D eigenvalue weighted by Gasteiger charge is -2.16. The third-order valence-electron chi connectivity index (χ3n) is 2.84. The van der Waals surface area contributed by atoms with Crippen LogP contribution in [0, 0.1) is 5.41 Å². The van der Waals surface area contributed by atoms with Gasteiger partial charge in [0.25, 0.3) is 0 Å². The van der Waals surface area contributed by atoms with Gasteiger partial charge in [-0.25, -0.2) is 0 Å². The first-order valence-corrected chi connectivity index (χ1v) is 5.12. The molecule has 1 rings (SSSR count). The fourth-order valence-electron chi connectivity index (χ4n) is 1.45. The molecule has 0 saturated heterocycles. The highest BCUT2D eigenvalue weighted by atomic mass is 16.5. The van der Waals surface area contributed by atoms with E-state index in [9.17, 15) is 4.79 Å². The number of hydrogen-bond acceptors (Lipinski definition) is 3. The molecule has 0 bridgehead atoms. The number of nitrogens with one attached hydrogen (secondary N) is 1. The maximum atomic E-state index is 11.2. The average Bonchev–Trinajstić information content (AvgIpc) is 2.92. The zero-order valence-electron chi connectivity index (χ0n) is 9.01. The molecule has 0 spiro atoms. The quantitative estimate of drug-likeness (QED) is 0.646. The largest absolute Gasteiger partial charge is 0.385 e. The van der Waals surface area contributed by atoms with Crippen LogP contribution >= 0.6 is 0 Å². The second kappa shape index (κ2) is 4.75. The average molecular weight is 200 g/mol. The Balaban J connectivity index is 2.20. The molecule has 0 aromatic carbocycles. The molecule has 1 aliphatic carbocycles. The molecular formula is C10H20N2O2. The summed E-state index contributed by atoms with van der Waals surface area (Å²) < 4.78 is 5.03. The summed E-state index contributed by atoms with van der Waals surface area (Å²) in [6.45, 7) is 3.22. The third-order valence-corrected chi connectivity index (χ3v) is 2.84. The number of ether oxygens (including phenoxy) is 1. The number of carbonyl (C=O) groups excluding carboxylic acids is 1. The van der Waals surface area contributed by atoms with Crippen LogP contribution in [0.2, 0.25) is 0 Å². The third kappa shape index (κ3) is 3.27. The van der Waals surface area contributed by atoms with Crippen molar-refractivity contribution in [2.45, 2.75) is 32.2 Å². The van der Waals surface area contributed by atoms with Crippen LogP contribution in [-0.4, -0.2) is 32.2 Å². The van der Waals surface area contributed by atoms with E-state index in [-0.39, 0.29) is 5.91 Å². The maximum Gasteiger partial charge on any atom is 0.236 e. The van der Waals surface area contributed by atoms with Gasteiger partial charge in [-0.1, -0.05) is 0 Å². The van der Waals surface area contributed by atoms with Gasteiger partial charge < -0.3 is 15.8 Å². The summed E-state index contributed by atoms with van der Waals surface area (Å²) in [5.41, 5.74) is 5.76. The molecule has 14 heavy (non-hydrogen) atoms. The first kappa shape index (κ1) is 11.5. The normalized spacial score (nSPS) is 20.2. The molecule has 4 heteroatoms. The maximum absolute atomic E-state index is 11.2. The van der Waals surface area contributed by atoms with Gasteiger partial charge >= 0.3 is 0 Å². The van der Waals surface area contributed by atoms with Crippen LogP contribution in [0.1, 0.15) is 26.2 Å². The lowest BCUT2D eigenvalue weighted by Crippen LogP contribution is -2.41. The number of nitrogens with two attached hydrogens (primary N) is 1. The number of carbonyl (C=O) groups is 1. The number of hydrogen-bond donors (Lipinski definition) is 2. The van der Waals surface area contributed by atoms with Gasteiger partial charge in [0.2, 0.25) is 5.91 Å². The minimum atomic E-state index is -0.409. The molecule has 1 amide bonds. The van der Waals surface area contributed by atoms with Gasteiger partial charge in [0.15, 0.2) is 0 Å². The van der Waals surface area contributed by atoms with Crippen molar-refractivity contribution in [2.75, 3.05) is 20.3 Å². The summed E-state index contributed by atoms with van der Waals surface area (Å²) in [7, 11) is 1.70. The molecule has 1 atom stereocenters. The minimum Gasteiger partial charge on any atom is -0.385 e. The van der Waals surface area contributed by atoms with Gasteiger partial charge in [0.1, 0.15) is 0 Å². The Kier molecular flexibility index (Phi) is 3.89. The Hall–Kier alpha value is -0.610. The molecule has 0 radical (unpaired) electrons. The van der Waals surface area contributed by atoms with E-state index in [1.807, 2.05) is 0 Å². The van der Waals surface area contributed by atoms with Crippen LogP contribution in [-0.2, 0) is 9.53 Å². The fourth-order valence-corrected chi connectivity index (χ4v) is 1.45. The summed E-state index contributed by atoms with van der Waals surface area (Å²) >= 11 is 0. The highest BCUT2D eigenvalue weighted by molar-refractivity contribution is 5.81. The van der Waals surface area contributed by atoms with Crippen molar-refractivity contribution < 1.29 is 9.53 Å². The second-order valence-corrected chi connectivity index (χ2v) is 4.25. The van der Waals surface area contributed by atoms with Crippen LogP contribution in [0.5, 0.6) is 0 Å². The van der Waals surface area contributed by atoms with Crippen LogP contribution in [0.15, 0.2) is 0 Å². The van der Waals surface area contributed by atoms with Crippen molar-refractivity contribution in [3.05, 3.63) is 0 Å². The lowest BCUT2D eigenvalue weighted by molar-refractivity contribution is -0.122. The van der Waals surface area contributed by atoms with Crippen molar-refractivity contribution in [1.29, 1.82) is 0 Å². The Labute approximate surface area is 85.2 Å².